The molecule has 0 aliphatic heterocycles. The largest absolute Gasteiger partial charge is 0.494 e. The van der Waals surface area contributed by atoms with Gasteiger partial charge in [0.2, 0.25) is 0 Å². The Balaban J connectivity index is 2.10. The van der Waals surface area contributed by atoms with Crippen LogP contribution in [0.5, 0.6) is 5.75 Å². The second-order valence-corrected chi connectivity index (χ2v) is 4.27. The van der Waals surface area contributed by atoms with Crippen LogP contribution in [0.4, 0.5) is 0 Å². The molecule has 80 valence electrons. The van der Waals surface area contributed by atoms with Gasteiger partial charge in [-0.25, -0.2) is 0 Å². The van der Waals surface area contributed by atoms with Gasteiger partial charge in [-0.05, 0) is 48.9 Å². The summed E-state index contributed by atoms with van der Waals surface area (Å²) >= 11 is 7.03. The Morgan fingerprint density at radius 3 is 2.67 bits per heavy atom. The van der Waals surface area contributed by atoms with E-state index < -0.39 is 0 Å². The van der Waals surface area contributed by atoms with Crippen LogP contribution in [0.2, 0.25) is 5.02 Å². The Hall–Kier alpha value is -0.850. The van der Waals surface area contributed by atoms with Gasteiger partial charge in [-0.15, -0.1) is 0 Å². The molecule has 4 heteroatoms. The van der Waals surface area contributed by atoms with Crippen molar-refractivity contribution in [3.8, 4) is 11.2 Å². The van der Waals surface area contributed by atoms with Crippen molar-refractivity contribution in [2.75, 3.05) is 12.4 Å². The van der Waals surface area contributed by atoms with Crippen LogP contribution in [0.3, 0.4) is 0 Å². The van der Waals surface area contributed by atoms with Gasteiger partial charge in [0.05, 0.1) is 6.61 Å². The molecule has 1 rings (SSSR count). The topological polar surface area (TPSA) is 33.0 Å². The molecule has 0 aliphatic rings. The van der Waals surface area contributed by atoms with Crippen molar-refractivity contribution in [3.05, 3.63) is 29.3 Å². The fourth-order valence-corrected chi connectivity index (χ4v) is 1.61. The second-order valence-electron chi connectivity index (χ2n) is 2.95. The molecule has 0 radical (unpaired) electrons. The lowest BCUT2D eigenvalue weighted by atomic mass is 10.3. The average Bonchev–Trinajstić information content (AvgIpc) is 2.26. The van der Waals surface area contributed by atoms with Gasteiger partial charge in [0.25, 0.3) is 0 Å². The van der Waals surface area contributed by atoms with Crippen molar-refractivity contribution in [1.29, 1.82) is 5.26 Å². The third-order valence-corrected chi connectivity index (χ3v) is 2.66. The van der Waals surface area contributed by atoms with Gasteiger partial charge in [0.1, 0.15) is 11.2 Å². The lowest BCUT2D eigenvalue weighted by molar-refractivity contribution is 0.310. The van der Waals surface area contributed by atoms with Crippen LogP contribution in [-0.2, 0) is 0 Å². The first-order chi connectivity index (χ1) is 7.33. The number of unbranched alkanes of at least 4 members (excludes halogenated alkanes) is 1. The molecule has 2 nitrogen and oxygen atoms in total. The zero-order valence-electron chi connectivity index (χ0n) is 8.28. The fourth-order valence-electron chi connectivity index (χ4n) is 1.04. The average molecular weight is 242 g/mol. The lowest BCUT2D eigenvalue weighted by Crippen LogP contribution is -1.97. The van der Waals surface area contributed by atoms with Crippen molar-refractivity contribution < 1.29 is 4.74 Å². The molecule has 1 aromatic carbocycles. The third-order valence-electron chi connectivity index (χ3n) is 1.79. The summed E-state index contributed by atoms with van der Waals surface area (Å²) < 4.78 is 5.49. The molecule has 0 saturated heterocycles. The van der Waals surface area contributed by atoms with E-state index in [2.05, 4.69) is 0 Å². The van der Waals surface area contributed by atoms with Gasteiger partial charge in [-0.3, -0.25) is 0 Å². The number of rotatable bonds is 6. The zero-order valence-corrected chi connectivity index (χ0v) is 9.85. The number of benzene rings is 1. The smallest absolute Gasteiger partial charge is 0.133 e. The Labute approximate surface area is 99.2 Å². The Kier molecular flexibility index (Phi) is 6.06. The van der Waals surface area contributed by atoms with E-state index in [9.17, 15) is 0 Å². The number of nitrogens with zero attached hydrogens (tertiary/aromatic N) is 1. The number of hydrogen-bond donors (Lipinski definition) is 0. The third kappa shape index (κ3) is 5.56. The molecule has 0 spiro atoms. The Bertz CT molecular complexity index is 320. The molecule has 0 fully saturated rings. The maximum absolute atomic E-state index is 8.30. The van der Waals surface area contributed by atoms with Gasteiger partial charge in [0.15, 0.2) is 0 Å². The second kappa shape index (κ2) is 7.44. The summed E-state index contributed by atoms with van der Waals surface area (Å²) in [5.74, 6) is 1.72. The van der Waals surface area contributed by atoms with Crippen LogP contribution in [0, 0.1) is 10.7 Å². The minimum Gasteiger partial charge on any atom is -0.494 e. The highest BCUT2D eigenvalue weighted by atomic mass is 35.5. The molecule has 0 aromatic heterocycles. The number of thiocyanates is 1. The SMILES string of the molecule is N#CSCCCCOc1ccc(Cl)cc1. The Morgan fingerprint density at radius 1 is 1.27 bits per heavy atom. The number of nitriles is 1. The van der Waals surface area contributed by atoms with Crippen molar-refractivity contribution in [3.63, 3.8) is 0 Å². The molecule has 15 heavy (non-hydrogen) atoms. The summed E-state index contributed by atoms with van der Waals surface area (Å²) in [6.45, 7) is 0.688. The first kappa shape index (κ1) is 12.2. The number of hydrogen-bond acceptors (Lipinski definition) is 3. The number of thioether (sulfide) groups is 1. The molecule has 0 aliphatic carbocycles. The van der Waals surface area contributed by atoms with E-state index in [-0.39, 0.29) is 0 Å². The van der Waals surface area contributed by atoms with Crippen LogP contribution in [0.25, 0.3) is 0 Å². The summed E-state index contributed by atoms with van der Waals surface area (Å²) in [5, 5.41) is 11.1. The van der Waals surface area contributed by atoms with Gasteiger partial charge in [0, 0.05) is 10.8 Å². The summed E-state index contributed by atoms with van der Waals surface area (Å²) in [6.07, 6.45) is 1.98. The minimum absolute atomic E-state index is 0.688. The van der Waals surface area contributed by atoms with E-state index in [4.69, 9.17) is 21.6 Å². The molecule has 0 heterocycles. The highest BCUT2D eigenvalue weighted by Gasteiger charge is 1.94. The van der Waals surface area contributed by atoms with Gasteiger partial charge in [-0.2, -0.15) is 5.26 Å². The van der Waals surface area contributed by atoms with Crippen molar-refractivity contribution in [2.24, 2.45) is 0 Å². The molecule has 0 unspecified atom stereocenters. The van der Waals surface area contributed by atoms with E-state index >= 15 is 0 Å². The molecule has 0 atom stereocenters. The molecular formula is C11H12ClNOS. The van der Waals surface area contributed by atoms with E-state index in [0.29, 0.717) is 11.6 Å². The standard InChI is InChI=1S/C11H12ClNOS/c12-10-3-5-11(6-4-10)14-7-1-2-8-15-9-13/h3-6H,1-2,7-8H2. The van der Waals surface area contributed by atoms with E-state index in [1.807, 2.05) is 29.7 Å². The summed E-state index contributed by atoms with van der Waals surface area (Å²) in [6, 6.07) is 7.32. The Morgan fingerprint density at radius 2 is 2.00 bits per heavy atom. The molecule has 0 bridgehead atoms. The van der Waals surface area contributed by atoms with E-state index in [1.54, 1.807) is 0 Å². The first-order valence-corrected chi connectivity index (χ1v) is 6.08. The highest BCUT2D eigenvalue weighted by molar-refractivity contribution is 8.03. The van der Waals surface area contributed by atoms with Gasteiger partial charge in [-0.1, -0.05) is 11.6 Å². The van der Waals surface area contributed by atoms with Crippen LogP contribution in [0.1, 0.15) is 12.8 Å². The quantitative estimate of drug-likeness (QED) is 0.562. The van der Waals surface area contributed by atoms with Crippen molar-refractivity contribution in [1.82, 2.24) is 0 Å². The monoisotopic (exact) mass is 241 g/mol. The maximum Gasteiger partial charge on any atom is 0.133 e. The lowest BCUT2D eigenvalue weighted by Gasteiger charge is -2.04. The molecule has 0 saturated carbocycles. The zero-order chi connectivity index (χ0) is 10.9. The first-order valence-electron chi connectivity index (χ1n) is 4.72. The molecule has 0 amide bonds. The molecule has 0 N–H and O–H groups in total. The van der Waals surface area contributed by atoms with E-state index in [0.717, 1.165) is 24.3 Å². The number of halogens is 1. The summed E-state index contributed by atoms with van der Waals surface area (Å²) in [5.41, 5.74) is 0. The van der Waals surface area contributed by atoms with E-state index in [1.165, 1.54) is 11.8 Å². The van der Waals surface area contributed by atoms with Crippen molar-refractivity contribution >= 4 is 23.4 Å². The van der Waals surface area contributed by atoms with Gasteiger partial charge < -0.3 is 4.74 Å². The molecular weight excluding hydrogens is 230 g/mol. The fraction of sp³-hybridized carbons (Fsp3) is 0.364. The van der Waals surface area contributed by atoms with Crippen LogP contribution in [0.15, 0.2) is 24.3 Å². The molecule has 1 aromatic rings. The van der Waals surface area contributed by atoms with Crippen LogP contribution in [-0.4, -0.2) is 12.4 Å². The predicted octanol–water partition coefficient (Wildman–Crippen LogP) is 3.71. The minimum atomic E-state index is 0.688. The van der Waals surface area contributed by atoms with Crippen molar-refractivity contribution in [2.45, 2.75) is 12.8 Å². The summed E-state index contributed by atoms with van der Waals surface area (Å²) in [4.78, 5) is 0. The number of ether oxygens (including phenoxy) is 1. The van der Waals surface area contributed by atoms with Crippen LogP contribution < -0.4 is 4.74 Å². The maximum atomic E-state index is 8.30. The summed E-state index contributed by atoms with van der Waals surface area (Å²) in [7, 11) is 0. The normalized spacial score (nSPS) is 9.60. The predicted molar refractivity (Wildman–Crippen MR) is 64.3 cm³/mol. The highest BCUT2D eigenvalue weighted by Crippen LogP contribution is 2.15. The van der Waals surface area contributed by atoms with Crippen LogP contribution >= 0.6 is 23.4 Å². The van der Waals surface area contributed by atoms with Gasteiger partial charge >= 0.3 is 0 Å².